The summed E-state index contributed by atoms with van der Waals surface area (Å²) in [6, 6.07) is 12.1. The van der Waals surface area contributed by atoms with Crippen LogP contribution in [0.1, 0.15) is 24.6 Å². The van der Waals surface area contributed by atoms with Crippen molar-refractivity contribution in [2.75, 3.05) is 18.4 Å². The molecule has 3 rings (SSSR count). The highest BCUT2D eigenvalue weighted by atomic mass is 79.9. The predicted molar refractivity (Wildman–Crippen MR) is 94.6 cm³/mol. The summed E-state index contributed by atoms with van der Waals surface area (Å²) in [5, 5.41) is 7.04. The summed E-state index contributed by atoms with van der Waals surface area (Å²) in [7, 11) is 0. The van der Waals surface area contributed by atoms with Gasteiger partial charge in [0, 0.05) is 21.9 Å². The first-order chi connectivity index (χ1) is 10.8. The van der Waals surface area contributed by atoms with E-state index in [0.717, 1.165) is 40.1 Å². The van der Waals surface area contributed by atoms with E-state index in [0.29, 0.717) is 6.54 Å². The maximum Gasteiger partial charge on any atom is 0.0969 e. The molecule has 2 N–H and O–H groups in total. The second kappa shape index (κ2) is 7.03. The van der Waals surface area contributed by atoms with Gasteiger partial charge in [-0.1, -0.05) is 28.9 Å². The molecule has 2 aromatic rings. The van der Waals surface area contributed by atoms with Gasteiger partial charge in [0.25, 0.3) is 0 Å². The van der Waals surface area contributed by atoms with Crippen molar-refractivity contribution in [2.24, 2.45) is 4.99 Å². The molecule has 22 heavy (non-hydrogen) atoms. The molecule has 0 fully saturated rings. The van der Waals surface area contributed by atoms with Gasteiger partial charge in [0.1, 0.15) is 0 Å². The van der Waals surface area contributed by atoms with Crippen molar-refractivity contribution in [3.63, 3.8) is 0 Å². The standard InChI is InChI=1S/C17H19BrN4/c1-2-8-20-16-11-21-17(15-5-3-4-9-19-15)13-10-12(18)6-7-14(13)22-16/h3-7,9-10,16,20,22H,2,8,11H2,1H3. The van der Waals surface area contributed by atoms with Crippen molar-refractivity contribution in [2.45, 2.75) is 19.5 Å². The van der Waals surface area contributed by atoms with Gasteiger partial charge in [-0.25, -0.2) is 0 Å². The lowest BCUT2D eigenvalue weighted by atomic mass is 10.0. The normalized spacial score (nSPS) is 17.2. The van der Waals surface area contributed by atoms with Gasteiger partial charge in [-0.2, -0.15) is 0 Å². The number of rotatable bonds is 4. The van der Waals surface area contributed by atoms with E-state index in [9.17, 15) is 0 Å². The lowest BCUT2D eigenvalue weighted by molar-refractivity contribution is 0.567. The molecule has 1 aliphatic heterocycles. The Bertz CT molecular complexity index is 670. The van der Waals surface area contributed by atoms with Crippen LogP contribution in [-0.4, -0.2) is 30.0 Å². The maximum absolute atomic E-state index is 4.82. The van der Waals surface area contributed by atoms with Gasteiger partial charge in [-0.05, 0) is 43.3 Å². The summed E-state index contributed by atoms with van der Waals surface area (Å²) < 4.78 is 1.04. The molecule has 114 valence electrons. The number of anilines is 1. The van der Waals surface area contributed by atoms with E-state index in [4.69, 9.17) is 4.99 Å². The van der Waals surface area contributed by atoms with E-state index >= 15 is 0 Å². The van der Waals surface area contributed by atoms with Gasteiger partial charge in [0.2, 0.25) is 0 Å². The smallest absolute Gasteiger partial charge is 0.0969 e. The largest absolute Gasteiger partial charge is 0.368 e. The van der Waals surface area contributed by atoms with Gasteiger partial charge in [0.15, 0.2) is 0 Å². The van der Waals surface area contributed by atoms with Crippen molar-refractivity contribution in [3.05, 3.63) is 58.3 Å². The summed E-state index contributed by atoms with van der Waals surface area (Å²) in [4.78, 5) is 9.28. The molecule has 5 heteroatoms. The van der Waals surface area contributed by atoms with E-state index in [-0.39, 0.29) is 6.17 Å². The molecule has 4 nitrogen and oxygen atoms in total. The number of nitrogens with one attached hydrogen (secondary N) is 2. The molecule has 0 saturated heterocycles. The molecule has 0 amide bonds. The fourth-order valence-electron chi connectivity index (χ4n) is 2.50. The van der Waals surface area contributed by atoms with Crippen molar-refractivity contribution in [1.29, 1.82) is 0 Å². The highest BCUT2D eigenvalue weighted by molar-refractivity contribution is 9.10. The van der Waals surface area contributed by atoms with Crippen LogP contribution in [0.5, 0.6) is 0 Å². The zero-order valence-corrected chi connectivity index (χ0v) is 14.1. The third kappa shape index (κ3) is 3.36. The van der Waals surface area contributed by atoms with Gasteiger partial charge in [0.05, 0.1) is 24.1 Å². The highest BCUT2D eigenvalue weighted by Crippen LogP contribution is 2.26. The summed E-state index contributed by atoms with van der Waals surface area (Å²) in [5.74, 6) is 0. The minimum Gasteiger partial charge on any atom is -0.368 e. The molecule has 1 atom stereocenters. The first-order valence-electron chi connectivity index (χ1n) is 7.53. The number of nitrogens with zero attached hydrogens (tertiary/aromatic N) is 2. The molecule has 0 radical (unpaired) electrons. The van der Waals surface area contributed by atoms with Crippen molar-refractivity contribution < 1.29 is 0 Å². The zero-order valence-electron chi connectivity index (χ0n) is 12.5. The monoisotopic (exact) mass is 358 g/mol. The Morgan fingerprint density at radius 3 is 3.00 bits per heavy atom. The van der Waals surface area contributed by atoms with Crippen molar-refractivity contribution in [1.82, 2.24) is 10.3 Å². The second-order valence-electron chi connectivity index (χ2n) is 5.25. The topological polar surface area (TPSA) is 49.3 Å². The Balaban J connectivity index is 2.01. The molecular weight excluding hydrogens is 340 g/mol. The molecular formula is C17H19BrN4. The van der Waals surface area contributed by atoms with E-state index in [1.807, 2.05) is 24.3 Å². The van der Waals surface area contributed by atoms with Crippen LogP contribution in [0, 0.1) is 0 Å². The molecule has 1 aromatic carbocycles. The molecule has 0 spiro atoms. The fraction of sp³-hybridized carbons (Fsp3) is 0.294. The number of benzene rings is 1. The third-order valence-electron chi connectivity index (χ3n) is 3.55. The Morgan fingerprint density at radius 2 is 2.23 bits per heavy atom. The summed E-state index contributed by atoms with van der Waals surface area (Å²) in [6.07, 6.45) is 3.05. The quantitative estimate of drug-likeness (QED) is 0.879. The molecule has 0 saturated carbocycles. The number of fused-ring (bicyclic) bond motifs is 1. The van der Waals surface area contributed by atoms with Crippen LogP contribution in [0.15, 0.2) is 52.1 Å². The number of aliphatic imine (C=N–C) groups is 1. The Labute approximate surface area is 139 Å². The third-order valence-corrected chi connectivity index (χ3v) is 4.04. The van der Waals surface area contributed by atoms with E-state index in [2.05, 4.69) is 50.6 Å². The van der Waals surface area contributed by atoms with Crippen LogP contribution in [0.25, 0.3) is 0 Å². The predicted octanol–water partition coefficient (Wildman–Crippen LogP) is 3.43. The van der Waals surface area contributed by atoms with Crippen molar-refractivity contribution >= 4 is 27.3 Å². The Morgan fingerprint density at radius 1 is 1.32 bits per heavy atom. The number of benzodiazepines with no additional fused rings is 1. The van der Waals surface area contributed by atoms with Crippen LogP contribution in [0.2, 0.25) is 0 Å². The molecule has 0 aliphatic carbocycles. The number of aromatic nitrogens is 1. The van der Waals surface area contributed by atoms with E-state index in [1.54, 1.807) is 6.20 Å². The van der Waals surface area contributed by atoms with Crippen LogP contribution in [0.4, 0.5) is 5.69 Å². The van der Waals surface area contributed by atoms with Gasteiger partial charge < -0.3 is 5.32 Å². The highest BCUT2D eigenvalue weighted by Gasteiger charge is 2.20. The van der Waals surface area contributed by atoms with Crippen molar-refractivity contribution in [3.8, 4) is 0 Å². The van der Waals surface area contributed by atoms with Crippen LogP contribution in [0.3, 0.4) is 0 Å². The zero-order chi connectivity index (χ0) is 15.4. The van der Waals surface area contributed by atoms with Crippen LogP contribution < -0.4 is 10.6 Å². The summed E-state index contributed by atoms with van der Waals surface area (Å²) in [5.41, 5.74) is 4.00. The summed E-state index contributed by atoms with van der Waals surface area (Å²) >= 11 is 3.55. The fourth-order valence-corrected chi connectivity index (χ4v) is 2.86. The second-order valence-corrected chi connectivity index (χ2v) is 6.16. The van der Waals surface area contributed by atoms with E-state index in [1.165, 1.54) is 0 Å². The van der Waals surface area contributed by atoms with Crippen LogP contribution in [-0.2, 0) is 0 Å². The SMILES string of the molecule is CCCNC1CN=C(c2ccccn2)c2cc(Br)ccc2N1. The average molecular weight is 359 g/mol. The number of halogens is 1. The first kappa shape index (κ1) is 15.2. The van der Waals surface area contributed by atoms with Crippen LogP contribution >= 0.6 is 15.9 Å². The maximum atomic E-state index is 4.82. The average Bonchev–Trinajstić information content (AvgIpc) is 2.73. The minimum absolute atomic E-state index is 0.140. The lowest BCUT2D eigenvalue weighted by Gasteiger charge is -2.18. The molecule has 1 unspecified atom stereocenters. The number of hydrogen-bond donors (Lipinski definition) is 2. The lowest BCUT2D eigenvalue weighted by Crippen LogP contribution is -2.38. The number of pyridine rings is 1. The summed E-state index contributed by atoms with van der Waals surface area (Å²) in [6.45, 7) is 3.81. The van der Waals surface area contributed by atoms with E-state index < -0.39 is 0 Å². The molecule has 0 bridgehead atoms. The molecule has 1 aliphatic rings. The van der Waals surface area contributed by atoms with Gasteiger partial charge in [-0.15, -0.1) is 0 Å². The molecule has 1 aromatic heterocycles. The Kier molecular flexibility index (Phi) is 4.85. The van der Waals surface area contributed by atoms with Gasteiger partial charge >= 0.3 is 0 Å². The van der Waals surface area contributed by atoms with Gasteiger partial charge in [-0.3, -0.25) is 15.3 Å². The number of hydrogen-bond acceptors (Lipinski definition) is 4. The minimum atomic E-state index is 0.140. The first-order valence-corrected chi connectivity index (χ1v) is 8.33. The molecule has 2 heterocycles. The Hall–Kier alpha value is -1.72.